The highest BCUT2D eigenvalue weighted by atomic mass is 35.5. The van der Waals surface area contributed by atoms with Crippen molar-refractivity contribution in [1.82, 2.24) is 5.32 Å². The van der Waals surface area contributed by atoms with E-state index in [9.17, 15) is 13.2 Å². The second-order valence-electron chi connectivity index (χ2n) is 6.93. The van der Waals surface area contributed by atoms with Gasteiger partial charge in [0.15, 0.2) is 0 Å². The van der Waals surface area contributed by atoms with E-state index in [-0.39, 0.29) is 19.1 Å². The van der Waals surface area contributed by atoms with Crippen molar-refractivity contribution in [3.63, 3.8) is 0 Å². The molecule has 0 heterocycles. The minimum Gasteiger partial charge on any atom is -0.492 e. The van der Waals surface area contributed by atoms with Crippen LogP contribution in [0.2, 0.25) is 5.02 Å². The number of nitrogens with one attached hydrogen (secondary N) is 1. The SMILES string of the molecule is CC[C@@H](C(=O)NCCOc1cc(C)cc(C)c1)N(c1cccc(Cl)c1)S(C)(=O)=O. The van der Waals surface area contributed by atoms with E-state index in [0.717, 1.165) is 27.4 Å². The molecule has 2 rings (SSSR count). The van der Waals surface area contributed by atoms with Crippen LogP contribution < -0.4 is 14.4 Å². The monoisotopic (exact) mass is 438 g/mol. The summed E-state index contributed by atoms with van der Waals surface area (Å²) in [5.74, 6) is 0.349. The van der Waals surface area contributed by atoms with Crippen LogP contribution in [0.4, 0.5) is 5.69 Å². The summed E-state index contributed by atoms with van der Waals surface area (Å²) in [4.78, 5) is 12.7. The molecule has 0 unspecified atom stereocenters. The largest absolute Gasteiger partial charge is 0.492 e. The first-order valence-corrected chi connectivity index (χ1v) is 11.6. The third kappa shape index (κ3) is 6.65. The number of benzene rings is 2. The van der Waals surface area contributed by atoms with Gasteiger partial charge >= 0.3 is 0 Å². The molecular formula is C21H27ClN2O4S. The molecule has 0 fully saturated rings. The first-order valence-electron chi connectivity index (χ1n) is 9.35. The number of rotatable bonds is 9. The number of carbonyl (C=O) groups excluding carboxylic acids is 1. The highest BCUT2D eigenvalue weighted by molar-refractivity contribution is 7.92. The Morgan fingerprint density at radius 2 is 1.83 bits per heavy atom. The number of carbonyl (C=O) groups is 1. The standard InChI is InChI=1S/C21H27ClN2O4S/c1-5-20(24(29(4,26)27)18-8-6-7-17(22)14-18)21(25)23-9-10-28-19-12-15(2)11-16(3)13-19/h6-8,11-14,20H,5,9-10H2,1-4H3,(H,23,25)/t20-/m0/s1. The fourth-order valence-electron chi connectivity index (χ4n) is 3.15. The molecule has 6 nitrogen and oxygen atoms in total. The van der Waals surface area contributed by atoms with Crippen LogP contribution in [0, 0.1) is 13.8 Å². The Morgan fingerprint density at radius 1 is 1.17 bits per heavy atom. The van der Waals surface area contributed by atoms with Crippen LogP contribution in [-0.2, 0) is 14.8 Å². The van der Waals surface area contributed by atoms with E-state index in [0.29, 0.717) is 17.1 Å². The van der Waals surface area contributed by atoms with E-state index in [1.807, 2.05) is 26.0 Å². The molecule has 0 saturated carbocycles. The van der Waals surface area contributed by atoms with E-state index in [2.05, 4.69) is 11.4 Å². The molecule has 0 radical (unpaired) electrons. The summed E-state index contributed by atoms with van der Waals surface area (Å²) in [5, 5.41) is 3.16. The van der Waals surface area contributed by atoms with E-state index in [1.165, 1.54) is 6.07 Å². The molecule has 0 saturated heterocycles. The number of nitrogens with zero attached hydrogens (tertiary/aromatic N) is 1. The van der Waals surface area contributed by atoms with Crippen LogP contribution in [0.3, 0.4) is 0 Å². The minimum atomic E-state index is -3.69. The lowest BCUT2D eigenvalue weighted by molar-refractivity contribution is -0.122. The molecule has 0 spiro atoms. The predicted octanol–water partition coefficient (Wildman–Crippen LogP) is 3.70. The van der Waals surface area contributed by atoms with Crippen molar-refractivity contribution in [1.29, 1.82) is 0 Å². The van der Waals surface area contributed by atoms with Gasteiger partial charge in [0.2, 0.25) is 15.9 Å². The maximum Gasteiger partial charge on any atom is 0.244 e. The average molecular weight is 439 g/mol. The summed E-state index contributed by atoms with van der Waals surface area (Å²) >= 11 is 6.01. The van der Waals surface area contributed by atoms with Gasteiger partial charge in [0.05, 0.1) is 18.5 Å². The molecule has 1 N–H and O–H groups in total. The van der Waals surface area contributed by atoms with Crippen molar-refractivity contribution in [2.45, 2.75) is 33.2 Å². The molecule has 158 valence electrons. The topological polar surface area (TPSA) is 75.7 Å². The van der Waals surface area contributed by atoms with Gasteiger partial charge < -0.3 is 10.1 Å². The van der Waals surface area contributed by atoms with Crippen LogP contribution in [0.15, 0.2) is 42.5 Å². The van der Waals surface area contributed by atoms with E-state index in [1.54, 1.807) is 25.1 Å². The van der Waals surface area contributed by atoms with E-state index >= 15 is 0 Å². The molecule has 2 aromatic carbocycles. The van der Waals surface area contributed by atoms with Gasteiger partial charge in [0.1, 0.15) is 18.4 Å². The summed E-state index contributed by atoms with van der Waals surface area (Å²) < 4.78 is 31.6. The Morgan fingerprint density at radius 3 is 2.38 bits per heavy atom. The molecule has 1 atom stereocenters. The number of hydrogen-bond acceptors (Lipinski definition) is 4. The zero-order valence-corrected chi connectivity index (χ0v) is 18.7. The number of aryl methyl sites for hydroxylation is 2. The van der Waals surface area contributed by atoms with Crippen molar-refractivity contribution in [2.24, 2.45) is 0 Å². The average Bonchev–Trinajstić information content (AvgIpc) is 2.61. The Kier molecular flexibility index (Phi) is 7.93. The van der Waals surface area contributed by atoms with Gasteiger partial charge in [-0.25, -0.2) is 8.42 Å². The Balaban J connectivity index is 2.05. The van der Waals surface area contributed by atoms with Gasteiger partial charge in [0, 0.05) is 5.02 Å². The molecule has 0 aliphatic rings. The summed E-state index contributed by atoms with van der Waals surface area (Å²) in [7, 11) is -3.69. The molecule has 1 amide bonds. The van der Waals surface area contributed by atoms with E-state index < -0.39 is 16.1 Å². The normalized spacial score (nSPS) is 12.3. The van der Waals surface area contributed by atoms with Gasteiger partial charge in [-0.3, -0.25) is 9.10 Å². The van der Waals surface area contributed by atoms with Crippen molar-refractivity contribution in [2.75, 3.05) is 23.7 Å². The van der Waals surface area contributed by atoms with Crippen molar-refractivity contribution < 1.29 is 17.9 Å². The van der Waals surface area contributed by atoms with Crippen molar-refractivity contribution >= 4 is 33.2 Å². The first-order chi connectivity index (χ1) is 13.6. The van der Waals surface area contributed by atoms with Crippen molar-refractivity contribution in [3.05, 3.63) is 58.6 Å². The molecule has 8 heteroatoms. The molecule has 0 aliphatic heterocycles. The summed E-state index contributed by atoms with van der Waals surface area (Å²) in [6.45, 7) is 6.28. The van der Waals surface area contributed by atoms with Gasteiger partial charge in [-0.1, -0.05) is 30.7 Å². The van der Waals surface area contributed by atoms with Crippen LogP contribution in [0.1, 0.15) is 24.5 Å². The van der Waals surface area contributed by atoms with Gasteiger partial charge in [0.25, 0.3) is 0 Å². The van der Waals surface area contributed by atoms with Gasteiger partial charge in [-0.05, 0) is 61.7 Å². The summed E-state index contributed by atoms with van der Waals surface area (Å²) in [5.41, 5.74) is 2.55. The summed E-state index contributed by atoms with van der Waals surface area (Å²) in [6, 6.07) is 11.5. The van der Waals surface area contributed by atoms with Crippen LogP contribution in [-0.4, -0.2) is 39.8 Å². The maximum absolute atomic E-state index is 12.7. The van der Waals surface area contributed by atoms with Crippen molar-refractivity contribution in [3.8, 4) is 5.75 Å². The number of ether oxygens (including phenoxy) is 1. The fourth-order valence-corrected chi connectivity index (χ4v) is 4.54. The third-order valence-corrected chi connectivity index (χ3v) is 5.67. The second kappa shape index (κ2) is 9.98. The quantitative estimate of drug-likeness (QED) is 0.606. The van der Waals surface area contributed by atoms with Crippen LogP contribution in [0.5, 0.6) is 5.75 Å². The lowest BCUT2D eigenvalue weighted by Gasteiger charge is -2.30. The lowest BCUT2D eigenvalue weighted by Crippen LogP contribution is -2.50. The number of anilines is 1. The minimum absolute atomic E-state index is 0.259. The summed E-state index contributed by atoms with van der Waals surface area (Å²) in [6.07, 6.45) is 1.39. The number of halogens is 1. The Labute approximate surface area is 177 Å². The zero-order chi connectivity index (χ0) is 21.6. The number of hydrogen-bond donors (Lipinski definition) is 1. The fraction of sp³-hybridized carbons (Fsp3) is 0.381. The molecule has 2 aromatic rings. The number of sulfonamides is 1. The van der Waals surface area contributed by atoms with E-state index in [4.69, 9.17) is 16.3 Å². The maximum atomic E-state index is 12.7. The molecule has 0 bridgehead atoms. The first kappa shape index (κ1) is 23.0. The highest BCUT2D eigenvalue weighted by Gasteiger charge is 2.31. The smallest absolute Gasteiger partial charge is 0.244 e. The zero-order valence-electron chi connectivity index (χ0n) is 17.1. The molecule has 0 aromatic heterocycles. The Hall–Kier alpha value is -2.25. The number of amides is 1. The third-order valence-electron chi connectivity index (χ3n) is 4.26. The van der Waals surface area contributed by atoms with Crippen LogP contribution in [0.25, 0.3) is 0 Å². The predicted molar refractivity (Wildman–Crippen MR) is 117 cm³/mol. The molecule has 29 heavy (non-hydrogen) atoms. The second-order valence-corrected chi connectivity index (χ2v) is 9.22. The molecule has 0 aliphatic carbocycles. The van der Waals surface area contributed by atoms with Gasteiger partial charge in [-0.2, -0.15) is 0 Å². The Bertz CT molecular complexity index is 943. The lowest BCUT2D eigenvalue weighted by atomic mass is 10.1. The highest BCUT2D eigenvalue weighted by Crippen LogP contribution is 2.25. The van der Waals surface area contributed by atoms with Gasteiger partial charge in [-0.15, -0.1) is 0 Å². The molecular weight excluding hydrogens is 412 g/mol. The van der Waals surface area contributed by atoms with Crippen LogP contribution >= 0.6 is 11.6 Å².